The number of rotatable bonds is 6. The standard InChI is InChI=1S/C10H15N3O4S/c1-7(2)13-18(16,17)8-4-3-5-11-10(8)12-6-9(14)15/h3-5,7,13H,6H2,1-2H3,(H,11,12)(H,14,15). The van der Waals surface area contributed by atoms with Gasteiger partial charge >= 0.3 is 5.97 Å². The molecule has 0 aliphatic heterocycles. The second-order valence-electron chi connectivity index (χ2n) is 3.87. The smallest absolute Gasteiger partial charge is 0.322 e. The van der Waals surface area contributed by atoms with E-state index in [0.29, 0.717) is 0 Å². The average Bonchev–Trinajstić information content (AvgIpc) is 2.25. The number of carbonyl (C=O) groups is 1. The van der Waals surface area contributed by atoms with Gasteiger partial charge in [-0.1, -0.05) is 0 Å². The van der Waals surface area contributed by atoms with Crippen LogP contribution in [0.25, 0.3) is 0 Å². The molecule has 0 atom stereocenters. The van der Waals surface area contributed by atoms with E-state index in [4.69, 9.17) is 5.11 Å². The Bertz CT molecular complexity index is 528. The number of aromatic nitrogens is 1. The molecule has 1 heterocycles. The number of hydrogen-bond acceptors (Lipinski definition) is 5. The normalized spacial score (nSPS) is 11.5. The molecule has 1 rings (SSSR count). The number of aliphatic carboxylic acids is 1. The van der Waals surface area contributed by atoms with Crippen LogP contribution >= 0.6 is 0 Å². The zero-order chi connectivity index (χ0) is 13.8. The first kappa shape index (κ1) is 14.4. The Morgan fingerprint density at radius 3 is 2.72 bits per heavy atom. The maximum Gasteiger partial charge on any atom is 0.322 e. The van der Waals surface area contributed by atoms with Gasteiger partial charge in [-0.15, -0.1) is 0 Å². The molecule has 0 fully saturated rings. The van der Waals surface area contributed by atoms with Crippen LogP contribution in [0.1, 0.15) is 13.8 Å². The van der Waals surface area contributed by atoms with Gasteiger partial charge in [0.15, 0.2) is 0 Å². The van der Waals surface area contributed by atoms with Crippen LogP contribution in [0.2, 0.25) is 0 Å². The van der Waals surface area contributed by atoms with E-state index in [0.717, 1.165) is 0 Å². The molecule has 0 amide bonds. The molecule has 18 heavy (non-hydrogen) atoms. The molecule has 0 bridgehead atoms. The highest BCUT2D eigenvalue weighted by Gasteiger charge is 2.20. The zero-order valence-corrected chi connectivity index (χ0v) is 10.9. The highest BCUT2D eigenvalue weighted by Crippen LogP contribution is 2.17. The maximum atomic E-state index is 12.0. The lowest BCUT2D eigenvalue weighted by atomic mass is 10.4. The molecule has 1 aromatic rings. The first-order valence-electron chi connectivity index (χ1n) is 5.26. The third-order valence-corrected chi connectivity index (χ3v) is 3.55. The van der Waals surface area contributed by atoms with Crippen molar-refractivity contribution in [2.45, 2.75) is 24.8 Å². The predicted molar refractivity (Wildman–Crippen MR) is 65.8 cm³/mol. The number of carboxylic acids is 1. The molecule has 0 aliphatic rings. The molecule has 100 valence electrons. The Hall–Kier alpha value is -1.67. The molecule has 0 unspecified atom stereocenters. The second kappa shape index (κ2) is 5.78. The first-order chi connectivity index (χ1) is 8.33. The van der Waals surface area contributed by atoms with Crippen LogP contribution in [0.3, 0.4) is 0 Å². The van der Waals surface area contributed by atoms with Crippen molar-refractivity contribution in [2.75, 3.05) is 11.9 Å². The molecule has 0 saturated carbocycles. The predicted octanol–water partition coefficient (Wildman–Crippen LogP) is 0.265. The van der Waals surface area contributed by atoms with Crippen molar-refractivity contribution in [3.8, 4) is 0 Å². The summed E-state index contributed by atoms with van der Waals surface area (Å²) in [6, 6.07) is 2.57. The number of pyridine rings is 1. The number of hydrogen-bond donors (Lipinski definition) is 3. The third kappa shape index (κ3) is 3.97. The van der Waals surface area contributed by atoms with Crippen molar-refractivity contribution in [1.82, 2.24) is 9.71 Å². The minimum atomic E-state index is -3.71. The van der Waals surface area contributed by atoms with E-state index in [2.05, 4.69) is 15.0 Å². The van der Waals surface area contributed by atoms with Gasteiger partial charge < -0.3 is 10.4 Å². The molecular formula is C10H15N3O4S. The van der Waals surface area contributed by atoms with Crippen molar-refractivity contribution in [3.63, 3.8) is 0 Å². The fraction of sp³-hybridized carbons (Fsp3) is 0.400. The number of nitrogens with one attached hydrogen (secondary N) is 2. The quantitative estimate of drug-likeness (QED) is 0.686. The third-order valence-electron chi connectivity index (χ3n) is 1.86. The largest absolute Gasteiger partial charge is 0.480 e. The molecule has 0 saturated heterocycles. The molecule has 3 N–H and O–H groups in total. The molecule has 8 heteroatoms. The van der Waals surface area contributed by atoms with E-state index in [1.54, 1.807) is 13.8 Å². The Labute approximate surface area is 105 Å². The Morgan fingerprint density at radius 2 is 2.17 bits per heavy atom. The second-order valence-corrected chi connectivity index (χ2v) is 5.56. The van der Waals surface area contributed by atoms with E-state index in [9.17, 15) is 13.2 Å². The Balaban J connectivity index is 3.05. The molecule has 7 nitrogen and oxygen atoms in total. The van der Waals surface area contributed by atoms with E-state index in [-0.39, 0.29) is 16.8 Å². The summed E-state index contributed by atoms with van der Waals surface area (Å²) in [5.74, 6) is -1.08. The van der Waals surface area contributed by atoms with E-state index in [1.165, 1.54) is 18.3 Å². The minimum Gasteiger partial charge on any atom is -0.480 e. The highest BCUT2D eigenvalue weighted by atomic mass is 32.2. The summed E-state index contributed by atoms with van der Waals surface area (Å²) >= 11 is 0. The SMILES string of the molecule is CC(C)NS(=O)(=O)c1cccnc1NCC(=O)O. The average molecular weight is 273 g/mol. The van der Waals surface area contributed by atoms with Crippen LogP contribution in [0, 0.1) is 0 Å². The summed E-state index contributed by atoms with van der Waals surface area (Å²) in [6.45, 7) is 2.98. The van der Waals surface area contributed by atoms with Gasteiger partial charge in [0.1, 0.15) is 17.3 Å². The van der Waals surface area contributed by atoms with E-state index in [1.807, 2.05) is 0 Å². The zero-order valence-electron chi connectivity index (χ0n) is 10.0. The van der Waals surface area contributed by atoms with Crippen LogP contribution < -0.4 is 10.0 Å². The summed E-state index contributed by atoms with van der Waals surface area (Å²) in [5.41, 5.74) is 0. The van der Waals surface area contributed by atoms with Gasteiger partial charge in [0, 0.05) is 12.2 Å². The summed E-state index contributed by atoms with van der Waals surface area (Å²) in [6.07, 6.45) is 1.39. The monoisotopic (exact) mass is 273 g/mol. The molecule has 0 radical (unpaired) electrons. The topological polar surface area (TPSA) is 108 Å². The lowest BCUT2D eigenvalue weighted by molar-refractivity contribution is -0.134. The summed E-state index contributed by atoms with van der Waals surface area (Å²) in [7, 11) is -3.71. The lowest BCUT2D eigenvalue weighted by Crippen LogP contribution is -2.31. The van der Waals surface area contributed by atoms with Crippen molar-refractivity contribution in [1.29, 1.82) is 0 Å². The molecule has 0 aliphatic carbocycles. The number of nitrogens with zero attached hydrogens (tertiary/aromatic N) is 1. The molecule has 1 aromatic heterocycles. The summed E-state index contributed by atoms with van der Waals surface area (Å²) < 4.78 is 26.3. The maximum absolute atomic E-state index is 12.0. The highest BCUT2D eigenvalue weighted by molar-refractivity contribution is 7.89. The van der Waals surface area contributed by atoms with Crippen molar-refractivity contribution < 1.29 is 18.3 Å². The number of sulfonamides is 1. The van der Waals surface area contributed by atoms with Gasteiger partial charge in [-0.25, -0.2) is 18.1 Å². The molecule has 0 spiro atoms. The van der Waals surface area contributed by atoms with Crippen LogP contribution in [0.15, 0.2) is 23.2 Å². The number of carboxylic acid groups (broad SMARTS) is 1. The summed E-state index contributed by atoms with van der Waals surface area (Å²) in [5, 5.41) is 11.0. The van der Waals surface area contributed by atoms with Gasteiger partial charge in [0.25, 0.3) is 0 Å². The van der Waals surface area contributed by atoms with Crippen molar-refractivity contribution in [3.05, 3.63) is 18.3 Å². The Kier molecular flexibility index (Phi) is 4.62. The van der Waals surface area contributed by atoms with Crippen LogP contribution in [-0.2, 0) is 14.8 Å². The molecule has 0 aromatic carbocycles. The van der Waals surface area contributed by atoms with Gasteiger partial charge in [-0.05, 0) is 26.0 Å². The number of anilines is 1. The van der Waals surface area contributed by atoms with E-state index < -0.39 is 22.5 Å². The minimum absolute atomic E-state index is 0.0213. The van der Waals surface area contributed by atoms with Crippen molar-refractivity contribution >= 4 is 21.8 Å². The van der Waals surface area contributed by atoms with Crippen LogP contribution in [-0.4, -0.2) is 37.1 Å². The van der Waals surface area contributed by atoms with E-state index >= 15 is 0 Å². The van der Waals surface area contributed by atoms with Crippen LogP contribution in [0.5, 0.6) is 0 Å². The lowest BCUT2D eigenvalue weighted by Gasteiger charge is -2.12. The van der Waals surface area contributed by atoms with Gasteiger partial charge in [-0.3, -0.25) is 4.79 Å². The van der Waals surface area contributed by atoms with Crippen molar-refractivity contribution in [2.24, 2.45) is 0 Å². The van der Waals surface area contributed by atoms with Crippen LogP contribution in [0.4, 0.5) is 5.82 Å². The van der Waals surface area contributed by atoms with Gasteiger partial charge in [0.2, 0.25) is 10.0 Å². The van der Waals surface area contributed by atoms with Gasteiger partial charge in [0.05, 0.1) is 0 Å². The fourth-order valence-electron chi connectivity index (χ4n) is 1.27. The fourth-order valence-corrected chi connectivity index (χ4v) is 2.66. The van der Waals surface area contributed by atoms with Gasteiger partial charge in [-0.2, -0.15) is 0 Å². The summed E-state index contributed by atoms with van der Waals surface area (Å²) in [4.78, 5) is 14.2. The molecular weight excluding hydrogens is 258 g/mol. The Morgan fingerprint density at radius 1 is 1.50 bits per heavy atom. The first-order valence-corrected chi connectivity index (χ1v) is 6.74.